The summed E-state index contributed by atoms with van der Waals surface area (Å²) >= 11 is 3.61. The Morgan fingerprint density at radius 2 is 2.05 bits per heavy atom. The second-order valence-corrected chi connectivity index (χ2v) is 5.85. The number of aromatic amines is 1. The Bertz CT molecular complexity index is 784. The molecule has 0 aliphatic rings. The highest BCUT2D eigenvalue weighted by Gasteiger charge is 2.15. The molecule has 0 radical (unpaired) electrons. The van der Waals surface area contributed by atoms with Crippen LogP contribution >= 0.6 is 15.9 Å². The summed E-state index contributed by atoms with van der Waals surface area (Å²) in [7, 11) is 5.96. The summed E-state index contributed by atoms with van der Waals surface area (Å²) in [6.45, 7) is 2.01. The van der Waals surface area contributed by atoms with Crippen LogP contribution in [0.4, 0.5) is 5.82 Å². The molecule has 104 valence electrons. The molecule has 5 nitrogen and oxygen atoms in total. The summed E-state index contributed by atoms with van der Waals surface area (Å²) in [4.78, 5) is 6.54. The van der Waals surface area contributed by atoms with E-state index in [1.807, 2.05) is 33.0 Å². The van der Waals surface area contributed by atoms with E-state index in [0.717, 1.165) is 38.4 Å². The second-order valence-electron chi connectivity index (χ2n) is 5.05. The van der Waals surface area contributed by atoms with Gasteiger partial charge < -0.3 is 9.47 Å². The van der Waals surface area contributed by atoms with E-state index in [4.69, 9.17) is 0 Å². The Balaban J connectivity index is 2.15. The Morgan fingerprint density at radius 3 is 2.70 bits per heavy atom. The molecule has 6 heteroatoms. The molecule has 0 aliphatic heterocycles. The zero-order chi connectivity index (χ0) is 14.4. The summed E-state index contributed by atoms with van der Waals surface area (Å²) in [5, 5.41) is 7.41. The topological polar surface area (TPSA) is 49.7 Å². The fraction of sp³-hybridized carbons (Fsp3) is 0.286. The number of H-pyrrole nitrogens is 1. The molecule has 2 aromatic heterocycles. The van der Waals surface area contributed by atoms with Gasteiger partial charge in [-0.05, 0) is 35.0 Å². The number of anilines is 1. The molecule has 0 unspecified atom stereocenters. The van der Waals surface area contributed by atoms with Crippen molar-refractivity contribution in [2.45, 2.75) is 6.92 Å². The van der Waals surface area contributed by atoms with E-state index in [2.05, 4.69) is 53.9 Å². The number of imidazole rings is 1. The standard InChI is InChI=1S/C14H16BrN5/c1-8-16-10-7-9(5-6-11(10)20(8)4)13-12(15)14(18-17-13)19(2)3/h5-7H,1-4H3,(H,17,18). The first-order valence-corrected chi connectivity index (χ1v) is 7.13. The van der Waals surface area contributed by atoms with Crippen LogP contribution in [-0.2, 0) is 7.05 Å². The minimum absolute atomic E-state index is 0.886. The fourth-order valence-corrected chi connectivity index (χ4v) is 3.04. The zero-order valence-electron chi connectivity index (χ0n) is 11.9. The molecule has 0 atom stereocenters. The van der Waals surface area contributed by atoms with Gasteiger partial charge >= 0.3 is 0 Å². The van der Waals surface area contributed by atoms with Gasteiger partial charge in [0.05, 0.1) is 21.2 Å². The largest absolute Gasteiger partial charge is 0.360 e. The predicted molar refractivity (Wildman–Crippen MR) is 85.1 cm³/mol. The van der Waals surface area contributed by atoms with Gasteiger partial charge in [0.25, 0.3) is 0 Å². The average molecular weight is 334 g/mol. The van der Waals surface area contributed by atoms with Crippen molar-refractivity contribution in [2.24, 2.45) is 7.05 Å². The minimum atomic E-state index is 0.886. The van der Waals surface area contributed by atoms with Gasteiger partial charge in [-0.25, -0.2) is 4.98 Å². The molecule has 0 fully saturated rings. The maximum absolute atomic E-state index is 4.57. The van der Waals surface area contributed by atoms with Crippen LogP contribution in [-0.4, -0.2) is 33.8 Å². The molecule has 3 aromatic rings. The molecular weight excluding hydrogens is 318 g/mol. The average Bonchev–Trinajstić information content (AvgIpc) is 2.91. The van der Waals surface area contributed by atoms with Gasteiger partial charge in [-0.2, -0.15) is 5.10 Å². The third-order valence-electron chi connectivity index (χ3n) is 3.51. The number of nitrogens with zero attached hydrogens (tertiary/aromatic N) is 4. The second kappa shape index (κ2) is 4.63. The number of fused-ring (bicyclic) bond motifs is 1. The quantitative estimate of drug-likeness (QED) is 0.783. The lowest BCUT2D eigenvalue weighted by Gasteiger charge is -2.08. The first kappa shape index (κ1) is 13.2. The van der Waals surface area contributed by atoms with Gasteiger partial charge in [0.1, 0.15) is 5.82 Å². The molecule has 0 amide bonds. The molecule has 0 aliphatic carbocycles. The lowest BCUT2D eigenvalue weighted by molar-refractivity contribution is 0.886. The normalized spacial score (nSPS) is 11.2. The van der Waals surface area contributed by atoms with Crippen molar-refractivity contribution in [1.82, 2.24) is 19.7 Å². The number of benzene rings is 1. The summed E-state index contributed by atoms with van der Waals surface area (Å²) in [5.74, 6) is 1.90. The van der Waals surface area contributed by atoms with E-state index in [1.165, 1.54) is 0 Å². The predicted octanol–water partition coefficient (Wildman–Crippen LogP) is 3.10. The van der Waals surface area contributed by atoms with Crippen molar-refractivity contribution in [1.29, 1.82) is 0 Å². The number of hydrogen-bond donors (Lipinski definition) is 1. The zero-order valence-corrected chi connectivity index (χ0v) is 13.5. The van der Waals surface area contributed by atoms with Crippen LogP contribution in [0.25, 0.3) is 22.3 Å². The molecule has 0 saturated heterocycles. The van der Waals surface area contributed by atoms with Crippen molar-refractivity contribution in [3.63, 3.8) is 0 Å². The van der Waals surface area contributed by atoms with Crippen molar-refractivity contribution < 1.29 is 0 Å². The van der Waals surface area contributed by atoms with Gasteiger partial charge in [-0.3, -0.25) is 5.10 Å². The number of aryl methyl sites for hydroxylation is 2. The van der Waals surface area contributed by atoms with E-state index >= 15 is 0 Å². The summed E-state index contributed by atoms with van der Waals surface area (Å²) < 4.78 is 3.06. The highest BCUT2D eigenvalue weighted by molar-refractivity contribution is 9.10. The molecule has 1 N–H and O–H groups in total. The number of halogens is 1. The molecule has 1 aromatic carbocycles. The highest BCUT2D eigenvalue weighted by Crippen LogP contribution is 2.34. The molecule has 3 rings (SSSR count). The van der Waals surface area contributed by atoms with Crippen LogP contribution in [0.2, 0.25) is 0 Å². The van der Waals surface area contributed by atoms with Gasteiger partial charge in [0, 0.05) is 26.7 Å². The molecule has 0 spiro atoms. The molecular formula is C14H16BrN5. The third-order valence-corrected chi connectivity index (χ3v) is 4.26. The number of nitrogens with one attached hydrogen (secondary N) is 1. The maximum atomic E-state index is 4.57. The summed E-state index contributed by atoms with van der Waals surface area (Å²) in [6.07, 6.45) is 0. The smallest absolute Gasteiger partial charge is 0.164 e. The van der Waals surface area contributed by atoms with Gasteiger partial charge in [-0.1, -0.05) is 6.07 Å². The molecule has 0 saturated carbocycles. The van der Waals surface area contributed by atoms with Gasteiger partial charge in [-0.15, -0.1) is 0 Å². The van der Waals surface area contributed by atoms with Gasteiger partial charge in [0.15, 0.2) is 5.82 Å². The third kappa shape index (κ3) is 1.91. The van der Waals surface area contributed by atoms with E-state index in [-0.39, 0.29) is 0 Å². The first-order valence-electron chi connectivity index (χ1n) is 6.33. The Morgan fingerprint density at radius 1 is 1.30 bits per heavy atom. The number of aromatic nitrogens is 4. The van der Waals surface area contributed by atoms with Crippen molar-refractivity contribution >= 4 is 32.8 Å². The minimum Gasteiger partial charge on any atom is -0.360 e. The lowest BCUT2D eigenvalue weighted by Crippen LogP contribution is -2.09. The maximum Gasteiger partial charge on any atom is 0.164 e. The Labute approximate surface area is 125 Å². The van der Waals surface area contributed by atoms with Crippen LogP contribution < -0.4 is 4.90 Å². The monoisotopic (exact) mass is 333 g/mol. The Kier molecular flexibility index (Phi) is 3.05. The Hall–Kier alpha value is -1.82. The highest BCUT2D eigenvalue weighted by atomic mass is 79.9. The molecule has 2 heterocycles. The van der Waals surface area contributed by atoms with E-state index in [9.17, 15) is 0 Å². The van der Waals surface area contributed by atoms with E-state index < -0.39 is 0 Å². The van der Waals surface area contributed by atoms with Crippen LogP contribution in [0.1, 0.15) is 5.82 Å². The molecule has 20 heavy (non-hydrogen) atoms. The van der Waals surface area contributed by atoms with Gasteiger partial charge in [0.2, 0.25) is 0 Å². The first-order chi connectivity index (χ1) is 9.49. The fourth-order valence-electron chi connectivity index (χ4n) is 2.28. The lowest BCUT2D eigenvalue weighted by atomic mass is 10.1. The number of rotatable bonds is 2. The van der Waals surface area contributed by atoms with Crippen molar-refractivity contribution in [3.8, 4) is 11.3 Å². The van der Waals surface area contributed by atoms with E-state index in [1.54, 1.807) is 0 Å². The summed E-state index contributed by atoms with van der Waals surface area (Å²) in [5.41, 5.74) is 4.17. The van der Waals surface area contributed by atoms with Crippen LogP contribution in [0.3, 0.4) is 0 Å². The SMILES string of the molecule is Cc1nc2cc(-c3[nH]nc(N(C)C)c3Br)ccc2n1C. The van der Waals surface area contributed by atoms with Crippen molar-refractivity contribution in [2.75, 3.05) is 19.0 Å². The van der Waals surface area contributed by atoms with Crippen LogP contribution in [0.5, 0.6) is 0 Å². The molecule has 0 bridgehead atoms. The van der Waals surface area contributed by atoms with E-state index in [0.29, 0.717) is 0 Å². The number of hydrogen-bond acceptors (Lipinski definition) is 3. The summed E-state index contributed by atoms with van der Waals surface area (Å²) in [6, 6.07) is 6.26. The van der Waals surface area contributed by atoms with Crippen molar-refractivity contribution in [3.05, 3.63) is 28.5 Å². The van der Waals surface area contributed by atoms with Crippen LogP contribution in [0, 0.1) is 6.92 Å². The van der Waals surface area contributed by atoms with Crippen LogP contribution in [0.15, 0.2) is 22.7 Å².